The van der Waals surface area contributed by atoms with Crippen molar-refractivity contribution in [3.8, 4) is 17.1 Å². The van der Waals surface area contributed by atoms with Crippen LogP contribution in [0.25, 0.3) is 17.1 Å². The Hall–Kier alpha value is -3.60. The van der Waals surface area contributed by atoms with Crippen LogP contribution in [0, 0.1) is 12.8 Å². The molecule has 0 spiro atoms. The number of nitrogens with zero attached hydrogens (tertiary/aromatic N) is 3. The number of carbonyl (C=O) groups is 1. The van der Waals surface area contributed by atoms with Crippen molar-refractivity contribution in [2.24, 2.45) is 5.92 Å². The summed E-state index contributed by atoms with van der Waals surface area (Å²) >= 11 is 0. The zero-order valence-corrected chi connectivity index (χ0v) is 18.3. The fraction of sp³-hybridized carbons (Fsp3) is 0.259. The minimum absolute atomic E-state index is 0.0223. The van der Waals surface area contributed by atoms with E-state index in [2.05, 4.69) is 30.3 Å². The first kappa shape index (κ1) is 20.3. The average Bonchev–Trinajstić information content (AvgIpc) is 3.47. The summed E-state index contributed by atoms with van der Waals surface area (Å²) in [5, 5.41) is 4.73. The minimum Gasteiger partial charge on any atom is -0.460 e. The van der Waals surface area contributed by atoms with Gasteiger partial charge >= 0.3 is 0 Å². The van der Waals surface area contributed by atoms with Crippen LogP contribution in [0.15, 0.2) is 83.3 Å². The SMILES string of the molecule is Cc1ccc(-c2cc(C(=O)N3CCC(Cc4ccccc4)CC3)n(-c3ccccc3)n2)o1. The summed E-state index contributed by atoms with van der Waals surface area (Å²) in [5.41, 5.74) is 3.48. The highest BCUT2D eigenvalue weighted by Gasteiger charge is 2.27. The standard InChI is InChI=1S/C27H27N3O2/c1-20-12-13-26(32-20)24-19-25(30(28-24)23-10-6-3-7-11-23)27(31)29-16-14-22(15-17-29)18-21-8-4-2-5-9-21/h2-13,19,22H,14-18H2,1H3. The molecule has 1 aliphatic rings. The Kier molecular flexibility index (Phi) is 5.63. The molecule has 0 N–H and O–H groups in total. The van der Waals surface area contributed by atoms with Crippen molar-refractivity contribution in [2.45, 2.75) is 26.2 Å². The van der Waals surface area contributed by atoms with Gasteiger partial charge in [-0.15, -0.1) is 0 Å². The van der Waals surface area contributed by atoms with Gasteiger partial charge in [-0.3, -0.25) is 4.79 Å². The van der Waals surface area contributed by atoms with Gasteiger partial charge in [0.15, 0.2) is 5.76 Å². The molecule has 3 heterocycles. The summed E-state index contributed by atoms with van der Waals surface area (Å²) in [7, 11) is 0. The second-order valence-corrected chi connectivity index (χ2v) is 8.50. The fourth-order valence-corrected chi connectivity index (χ4v) is 4.44. The molecule has 0 atom stereocenters. The Morgan fingerprint density at radius 3 is 2.31 bits per heavy atom. The molecule has 1 fully saturated rings. The number of aryl methyl sites for hydroxylation is 1. The molecule has 1 saturated heterocycles. The molecule has 2 aromatic carbocycles. The number of rotatable bonds is 5. The van der Waals surface area contributed by atoms with Crippen molar-refractivity contribution in [1.29, 1.82) is 0 Å². The second-order valence-electron chi connectivity index (χ2n) is 8.50. The first-order valence-electron chi connectivity index (χ1n) is 11.2. The van der Waals surface area contributed by atoms with E-state index in [1.54, 1.807) is 4.68 Å². The number of likely N-dealkylation sites (tertiary alicyclic amines) is 1. The molecule has 162 valence electrons. The third-order valence-electron chi connectivity index (χ3n) is 6.19. The molecule has 4 aromatic rings. The number of carbonyl (C=O) groups excluding carboxylic acids is 1. The Balaban J connectivity index is 1.36. The van der Waals surface area contributed by atoms with Crippen molar-refractivity contribution < 1.29 is 9.21 Å². The molecule has 5 heteroatoms. The van der Waals surface area contributed by atoms with E-state index in [-0.39, 0.29) is 5.91 Å². The number of piperidine rings is 1. The number of hydrogen-bond donors (Lipinski definition) is 0. The normalized spacial score (nSPS) is 14.6. The maximum atomic E-state index is 13.5. The average molecular weight is 426 g/mol. The number of para-hydroxylation sites is 1. The van der Waals surface area contributed by atoms with Crippen LogP contribution in [0.2, 0.25) is 0 Å². The van der Waals surface area contributed by atoms with E-state index in [0.717, 1.165) is 43.8 Å². The Bertz CT molecular complexity index is 1190. The van der Waals surface area contributed by atoms with Gasteiger partial charge in [0.1, 0.15) is 17.1 Å². The van der Waals surface area contributed by atoms with E-state index in [9.17, 15) is 4.79 Å². The maximum Gasteiger partial charge on any atom is 0.272 e. The highest BCUT2D eigenvalue weighted by Crippen LogP contribution is 2.27. The van der Waals surface area contributed by atoms with Gasteiger partial charge in [0, 0.05) is 19.2 Å². The Morgan fingerprint density at radius 2 is 1.66 bits per heavy atom. The van der Waals surface area contributed by atoms with E-state index in [1.807, 2.05) is 60.4 Å². The molecule has 0 aliphatic carbocycles. The van der Waals surface area contributed by atoms with Gasteiger partial charge in [-0.1, -0.05) is 48.5 Å². The second kappa shape index (κ2) is 8.87. The van der Waals surface area contributed by atoms with Crippen molar-refractivity contribution in [2.75, 3.05) is 13.1 Å². The minimum atomic E-state index is 0.0223. The van der Waals surface area contributed by atoms with Gasteiger partial charge in [0.2, 0.25) is 0 Å². The topological polar surface area (TPSA) is 51.3 Å². The quantitative estimate of drug-likeness (QED) is 0.422. The van der Waals surface area contributed by atoms with Gasteiger partial charge in [-0.05, 0) is 61.9 Å². The maximum absolute atomic E-state index is 13.5. The lowest BCUT2D eigenvalue weighted by atomic mass is 9.90. The van der Waals surface area contributed by atoms with Crippen LogP contribution in [-0.2, 0) is 6.42 Å². The fourth-order valence-electron chi connectivity index (χ4n) is 4.44. The number of aromatic nitrogens is 2. The van der Waals surface area contributed by atoms with Gasteiger partial charge in [0.05, 0.1) is 5.69 Å². The summed E-state index contributed by atoms with van der Waals surface area (Å²) < 4.78 is 7.51. The van der Waals surface area contributed by atoms with Gasteiger partial charge in [-0.25, -0.2) is 4.68 Å². The van der Waals surface area contributed by atoms with Crippen molar-refractivity contribution in [1.82, 2.24) is 14.7 Å². The molecule has 1 aliphatic heterocycles. The Morgan fingerprint density at radius 1 is 0.969 bits per heavy atom. The van der Waals surface area contributed by atoms with Crippen LogP contribution in [0.3, 0.4) is 0 Å². The summed E-state index contributed by atoms with van der Waals surface area (Å²) in [6.07, 6.45) is 3.11. The molecule has 5 nitrogen and oxygen atoms in total. The van der Waals surface area contributed by atoms with E-state index in [1.165, 1.54) is 5.56 Å². The number of amides is 1. The van der Waals surface area contributed by atoms with E-state index < -0.39 is 0 Å². The zero-order chi connectivity index (χ0) is 21.9. The third kappa shape index (κ3) is 4.24. The van der Waals surface area contributed by atoms with E-state index >= 15 is 0 Å². The molecule has 0 saturated carbocycles. The predicted octanol–water partition coefficient (Wildman–Crippen LogP) is 5.54. The molecule has 32 heavy (non-hydrogen) atoms. The summed E-state index contributed by atoms with van der Waals surface area (Å²) in [5.74, 6) is 2.13. The first-order valence-corrected chi connectivity index (χ1v) is 11.2. The summed E-state index contributed by atoms with van der Waals surface area (Å²) in [6, 6.07) is 26.1. The zero-order valence-electron chi connectivity index (χ0n) is 18.3. The highest BCUT2D eigenvalue weighted by molar-refractivity contribution is 5.94. The highest BCUT2D eigenvalue weighted by atomic mass is 16.3. The first-order chi connectivity index (χ1) is 15.7. The summed E-state index contributed by atoms with van der Waals surface area (Å²) in [4.78, 5) is 15.5. The lowest BCUT2D eigenvalue weighted by molar-refractivity contribution is 0.0681. The van der Waals surface area contributed by atoms with Gasteiger partial charge in [0.25, 0.3) is 5.91 Å². The van der Waals surface area contributed by atoms with Crippen LogP contribution >= 0.6 is 0 Å². The molecular weight excluding hydrogens is 398 g/mol. The van der Waals surface area contributed by atoms with Crippen molar-refractivity contribution in [3.05, 3.63) is 95.9 Å². The predicted molar refractivity (Wildman–Crippen MR) is 125 cm³/mol. The molecule has 0 unspecified atom stereocenters. The smallest absolute Gasteiger partial charge is 0.272 e. The number of hydrogen-bond acceptors (Lipinski definition) is 3. The van der Waals surface area contributed by atoms with Crippen LogP contribution in [-0.4, -0.2) is 33.7 Å². The molecule has 0 radical (unpaired) electrons. The van der Waals surface area contributed by atoms with E-state index in [4.69, 9.17) is 9.52 Å². The monoisotopic (exact) mass is 425 g/mol. The lowest BCUT2D eigenvalue weighted by Gasteiger charge is -2.32. The largest absolute Gasteiger partial charge is 0.460 e. The number of benzene rings is 2. The van der Waals surface area contributed by atoms with Crippen molar-refractivity contribution >= 4 is 5.91 Å². The molecule has 0 bridgehead atoms. The molecular formula is C27H27N3O2. The van der Waals surface area contributed by atoms with Crippen LogP contribution in [0.4, 0.5) is 0 Å². The van der Waals surface area contributed by atoms with Crippen LogP contribution < -0.4 is 0 Å². The molecule has 2 aromatic heterocycles. The van der Waals surface area contributed by atoms with Gasteiger partial charge < -0.3 is 9.32 Å². The summed E-state index contributed by atoms with van der Waals surface area (Å²) in [6.45, 7) is 3.44. The van der Waals surface area contributed by atoms with E-state index in [0.29, 0.717) is 23.1 Å². The lowest BCUT2D eigenvalue weighted by Crippen LogP contribution is -2.39. The number of furan rings is 1. The third-order valence-corrected chi connectivity index (χ3v) is 6.19. The van der Waals surface area contributed by atoms with Gasteiger partial charge in [-0.2, -0.15) is 5.10 Å². The van der Waals surface area contributed by atoms with Crippen LogP contribution in [0.5, 0.6) is 0 Å². The molecule has 1 amide bonds. The Labute approximate surface area is 188 Å². The molecule has 5 rings (SSSR count). The van der Waals surface area contributed by atoms with Crippen molar-refractivity contribution in [3.63, 3.8) is 0 Å². The van der Waals surface area contributed by atoms with Crippen LogP contribution in [0.1, 0.15) is 34.7 Å².